The normalized spacial score (nSPS) is 9.06. The molecule has 0 amide bonds. The van der Waals surface area contributed by atoms with Crippen LogP contribution in [0.2, 0.25) is 0 Å². The molecule has 2 aromatic rings. The van der Waals surface area contributed by atoms with Gasteiger partial charge in [-0.1, -0.05) is 24.3 Å². The summed E-state index contributed by atoms with van der Waals surface area (Å²) in [5.41, 5.74) is 7.89. The van der Waals surface area contributed by atoms with Crippen molar-refractivity contribution in [3.63, 3.8) is 0 Å². The van der Waals surface area contributed by atoms with E-state index < -0.39 is 0 Å². The number of nitrogens with zero attached hydrogens (tertiary/aromatic N) is 3. The zero-order valence-corrected chi connectivity index (χ0v) is 10.2. The zero-order chi connectivity index (χ0) is 9.80. The van der Waals surface area contributed by atoms with Crippen LogP contribution in [0.15, 0.2) is 36.9 Å². The number of halogens is 2. The van der Waals surface area contributed by atoms with E-state index in [4.69, 9.17) is 5.73 Å². The van der Waals surface area contributed by atoms with Crippen LogP contribution < -0.4 is 5.73 Å². The topological polar surface area (TPSA) is 56.7 Å². The number of rotatable bonds is 3. The van der Waals surface area contributed by atoms with Gasteiger partial charge in [-0.3, -0.25) is 0 Å². The fourth-order valence-corrected chi connectivity index (χ4v) is 1.36. The first-order valence-electron chi connectivity index (χ1n) is 4.49. The lowest BCUT2D eigenvalue weighted by atomic mass is 10.1. The standard InChI is InChI=1S/C10H12N4.2ClH/c11-5-9-2-1-3-10(4-9)6-14-8-12-7-13-14;;/h1-4,7-8H,5-6,11H2;2*1H. The molecule has 0 spiro atoms. The number of aromatic nitrogens is 3. The SMILES string of the molecule is Cl.Cl.NCc1cccc(Cn2cncn2)c1. The molecule has 0 saturated heterocycles. The lowest BCUT2D eigenvalue weighted by Gasteiger charge is -2.03. The minimum Gasteiger partial charge on any atom is -0.326 e. The quantitative estimate of drug-likeness (QED) is 0.913. The summed E-state index contributed by atoms with van der Waals surface area (Å²) in [7, 11) is 0. The average molecular weight is 261 g/mol. The van der Waals surface area contributed by atoms with Crippen molar-refractivity contribution >= 4 is 24.8 Å². The molecule has 1 heterocycles. The van der Waals surface area contributed by atoms with E-state index in [1.54, 1.807) is 11.0 Å². The molecule has 2 rings (SSSR count). The zero-order valence-electron chi connectivity index (χ0n) is 8.61. The first-order valence-corrected chi connectivity index (χ1v) is 4.49. The Morgan fingerprint density at radius 2 is 1.94 bits per heavy atom. The average Bonchev–Trinajstić information content (AvgIpc) is 2.71. The van der Waals surface area contributed by atoms with E-state index in [1.807, 2.05) is 12.1 Å². The summed E-state index contributed by atoms with van der Waals surface area (Å²) in [4.78, 5) is 3.89. The van der Waals surface area contributed by atoms with Gasteiger partial charge in [0.05, 0.1) is 6.54 Å². The van der Waals surface area contributed by atoms with Gasteiger partial charge in [0.2, 0.25) is 0 Å². The van der Waals surface area contributed by atoms with E-state index in [0.29, 0.717) is 6.54 Å². The molecule has 4 nitrogen and oxygen atoms in total. The summed E-state index contributed by atoms with van der Waals surface area (Å²) in [5, 5.41) is 4.04. The summed E-state index contributed by atoms with van der Waals surface area (Å²) in [5.74, 6) is 0. The molecule has 2 N–H and O–H groups in total. The maximum atomic E-state index is 5.56. The van der Waals surface area contributed by atoms with E-state index in [0.717, 1.165) is 12.1 Å². The molecule has 1 aromatic carbocycles. The highest BCUT2D eigenvalue weighted by Crippen LogP contribution is 2.05. The van der Waals surface area contributed by atoms with Crippen LogP contribution >= 0.6 is 24.8 Å². The van der Waals surface area contributed by atoms with Gasteiger partial charge in [0.15, 0.2) is 0 Å². The number of benzene rings is 1. The Labute approximate surface area is 107 Å². The molecule has 88 valence electrons. The van der Waals surface area contributed by atoms with Crippen LogP contribution in [0.5, 0.6) is 0 Å². The third-order valence-corrected chi connectivity index (χ3v) is 2.04. The van der Waals surface area contributed by atoms with Gasteiger partial charge in [-0.05, 0) is 11.1 Å². The van der Waals surface area contributed by atoms with Crippen molar-refractivity contribution in [3.8, 4) is 0 Å². The van der Waals surface area contributed by atoms with E-state index in [-0.39, 0.29) is 24.8 Å². The number of nitrogens with two attached hydrogens (primary N) is 1. The molecular weight excluding hydrogens is 247 g/mol. The second kappa shape index (κ2) is 7.22. The van der Waals surface area contributed by atoms with Gasteiger partial charge < -0.3 is 5.73 Å². The monoisotopic (exact) mass is 260 g/mol. The van der Waals surface area contributed by atoms with E-state index >= 15 is 0 Å². The lowest BCUT2D eigenvalue weighted by Crippen LogP contribution is -2.02. The molecule has 0 atom stereocenters. The molecule has 0 saturated carbocycles. The van der Waals surface area contributed by atoms with Crippen molar-refractivity contribution in [2.75, 3.05) is 0 Å². The summed E-state index contributed by atoms with van der Waals surface area (Å²) in [6.07, 6.45) is 3.24. The second-order valence-electron chi connectivity index (χ2n) is 3.12. The Balaban J connectivity index is 0.00000112. The van der Waals surface area contributed by atoms with Crippen molar-refractivity contribution in [1.82, 2.24) is 14.8 Å². The highest BCUT2D eigenvalue weighted by molar-refractivity contribution is 5.85. The van der Waals surface area contributed by atoms with E-state index in [2.05, 4.69) is 22.2 Å². The molecule has 0 aliphatic heterocycles. The molecule has 0 radical (unpaired) electrons. The van der Waals surface area contributed by atoms with Gasteiger partial charge in [0.1, 0.15) is 12.7 Å². The van der Waals surface area contributed by atoms with Crippen LogP contribution in [0.25, 0.3) is 0 Å². The van der Waals surface area contributed by atoms with Crippen LogP contribution in [-0.2, 0) is 13.1 Å². The molecule has 0 fully saturated rings. The van der Waals surface area contributed by atoms with Crippen molar-refractivity contribution in [2.45, 2.75) is 13.1 Å². The molecule has 0 aliphatic rings. The van der Waals surface area contributed by atoms with Crippen molar-refractivity contribution in [2.24, 2.45) is 5.73 Å². The second-order valence-corrected chi connectivity index (χ2v) is 3.12. The summed E-state index contributed by atoms with van der Waals surface area (Å²) in [6, 6.07) is 8.17. The van der Waals surface area contributed by atoms with Gasteiger partial charge in [0.25, 0.3) is 0 Å². The smallest absolute Gasteiger partial charge is 0.137 e. The van der Waals surface area contributed by atoms with Gasteiger partial charge in [-0.15, -0.1) is 24.8 Å². The van der Waals surface area contributed by atoms with Crippen LogP contribution in [0, 0.1) is 0 Å². The molecule has 6 heteroatoms. The van der Waals surface area contributed by atoms with E-state index in [1.165, 1.54) is 11.9 Å². The minimum absolute atomic E-state index is 0. The van der Waals surface area contributed by atoms with Gasteiger partial charge in [-0.2, -0.15) is 5.10 Å². The molecule has 0 unspecified atom stereocenters. The van der Waals surface area contributed by atoms with Gasteiger partial charge in [0, 0.05) is 6.54 Å². The molecule has 0 aliphatic carbocycles. The fourth-order valence-electron chi connectivity index (χ4n) is 1.36. The predicted octanol–water partition coefficient (Wildman–Crippen LogP) is 1.63. The summed E-state index contributed by atoms with van der Waals surface area (Å²) >= 11 is 0. The first-order chi connectivity index (χ1) is 6.88. The third-order valence-electron chi connectivity index (χ3n) is 2.04. The highest BCUT2D eigenvalue weighted by atomic mass is 35.5. The Hall–Kier alpha value is -1.10. The van der Waals surface area contributed by atoms with E-state index in [9.17, 15) is 0 Å². The Morgan fingerprint density at radius 3 is 2.56 bits per heavy atom. The lowest BCUT2D eigenvalue weighted by molar-refractivity contribution is 0.684. The maximum Gasteiger partial charge on any atom is 0.137 e. The Kier molecular flexibility index (Phi) is 6.72. The first kappa shape index (κ1) is 14.9. The molecular formula is C10H14Cl2N4. The van der Waals surface area contributed by atoms with Crippen LogP contribution in [-0.4, -0.2) is 14.8 Å². The van der Waals surface area contributed by atoms with Crippen LogP contribution in [0.1, 0.15) is 11.1 Å². The number of hydrogen-bond donors (Lipinski definition) is 1. The largest absolute Gasteiger partial charge is 0.326 e. The van der Waals surface area contributed by atoms with Crippen molar-refractivity contribution in [3.05, 3.63) is 48.0 Å². The maximum absolute atomic E-state index is 5.56. The molecule has 1 aromatic heterocycles. The minimum atomic E-state index is 0. The van der Waals surface area contributed by atoms with Gasteiger partial charge in [-0.25, -0.2) is 9.67 Å². The van der Waals surface area contributed by atoms with Crippen LogP contribution in [0.3, 0.4) is 0 Å². The highest BCUT2D eigenvalue weighted by Gasteiger charge is 1.96. The summed E-state index contributed by atoms with van der Waals surface area (Å²) in [6.45, 7) is 1.32. The predicted molar refractivity (Wildman–Crippen MR) is 68.0 cm³/mol. The van der Waals surface area contributed by atoms with Crippen molar-refractivity contribution < 1.29 is 0 Å². The molecule has 16 heavy (non-hydrogen) atoms. The number of hydrogen-bond acceptors (Lipinski definition) is 3. The summed E-state index contributed by atoms with van der Waals surface area (Å²) < 4.78 is 1.79. The van der Waals surface area contributed by atoms with Crippen molar-refractivity contribution in [1.29, 1.82) is 0 Å². The van der Waals surface area contributed by atoms with Gasteiger partial charge >= 0.3 is 0 Å². The molecule has 0 bridgehead atoms. The third kappa shape index (κ3) is 3.81. The Morgan fingerprint density at radius 1 is 1.19 bits per heavy atom. The fraction of sp³-hybridized carbons (Fsp3) is 0.200. The Bertz CT molecular complexity index is 403. The van der Waals surface area contributed by atoms with Crippen LogP contribution in [0.4, 0.5) is 0 Å².